The number of β-amino-alcohol motifs (C(OH)–C–C–N with tert-alkyl or cyclic N) is 1. The molecular weight excluding hydrogens is 348 g/mol. The SMILES string of the molecule is O=C(CC1c2ccccc2CCc2ccccc21)NCCN1CCC[C@H](O)C1. The van der Waals surface area contributed by atoms with E-state index in [-0.39, 0.29) is 17.9 Å². The predicted molar refractivity (Wildman–Crippen MR) is 111 cm³/mol. The predicted octanol–water partition coefficient (Wildman–Crippen LogP) is 2.88. The van der Waals surface area contributed by atoms with Gasteiger partial charge in [-0.25, -0.2) is 0 Å². The molecule has 1 aliphatic carbocycles. The van der Waals surface area contributed by atoms with Crippen molar-refractivity contribution in [2.75, 3.05) is 26.2 Å². The van der Waals surface area contributed by atoms with E-state index >= 15 is 0 Å². The van der Waals surface area contributed by atoms with Gasteiger partial charge in [0.15, 0.2) is 0 Å². The van der Waals surface area contributed by atoms with Gasteiger partial charge in [0.05, 0.1) is 6.10 Å². The number of carbonyl (C=O) groups excluding carboxylic acids is 1. The Morgan fingerprint density at radius 2 is 1.68 bits per heavy atom. The molecule has 28 heavy (non-hydrogen) atoms. The highest BCUT2D eigenvalue weighted by atomic mass is 16.3. The number of carbonyl (C=O) groups is 1. The quantitative estimate of drug-likeness (QED) is 0.841. The molecule has 0 spiro atoms. The molecule has 2 aromatic rings. The number of hydrogen-bond donors (Lipinski definition) is 2. The van der Waals surface area contributed by atoms with Crippen molar-refractivity contribution in [1.82, 2.24) is 10.2 Å². The number of hydrogen-bond acceptors (Lipinski definition) is 3. The van der Waals surface area contributed by atoms with Gasteiger partial charge in [0.2, 0.25) is 5.91 Å². The third-order valence-corrected chi connectivity index (χ3v) is 6.15. The van der Waals surface area contributed by atoms with Crippen molar-refractivity contribution in [1.29, 1.82) is 0 Å². The van der Waals surface area contributed by atoms with Gasteiger partial charge in [-0.1, -0.05) is 48.5 Å². The Labute approximate surface area is 167 Å². The van der Waals surface area contributed by atoms with E-state index in [4.69, 9.17) is 0 Å². The zero-order valence-electron chi connectivity index (χ0n) is 16.4. The average molecular weight is 379 g/mol. The normalized spacial score (nSPS) is 20.1. The molecule has 0 saturated carbocycles. The molecule has 2 aromatic carbocycles. The molecule has 148 valence electrons. The Morgan fingerprint density at radius 3 is 2.32 bits per heavy atom. The van der Waals surface area contributed by atoms with Crippen LogP contribution >= 0.6 is 0 Å². The molecular formula is C24H30N2O2. The van der Waals surface area contributed by atoms with Crippen LogP contribution in [-0.4, -0.2) is 48.2 Å². The van der Waals surface area contributed by atoms with E-state index in [1.54, 1.807) is 0 Å². The van der Waals surface area contributed by atoms with Crippen LogP contribution < -0.4 is 5.32 Å². The Balaban J connectivity index is 1.42. The number of fused-ring (bicyclic) bond motifs is 2. The van der Waals surface area contributed by atoms with E-state index in [1.807, 2.05) is 0 Å². The summed E-state index contributed by atoms with van der Waals surface area (Å²) in [5.41, 5.74) is 5.31. The molecule has 4 nitrogen and oxygen atoms in total. The van der Waals surface area contributed by atoms with Crippen LogP contribution in [-0.2, 0) is 17.6 Å². The summed E-state index contributed by atoms with van der Waals surface area (Å²) in [5, 5.41) is 12.9. The number of nitrogens with one attached hydrogen (secondary N) is 1. The molecule has 1 amide bonds. The maximum absolute atomic E-state index is 12.8. The molecule has 1 fully saturated rings. The molecule has 1 heterocycles. The molecule has 0 bridgehead atoms. The fraction of sp³-hybridized carbons (Fsp3) is 0.458. The van der Waals surface area contributed by atoms with Crippen LogP contribution in [0.3, 0.4) is 0 Å². The van der Waals surface area contributed by atoms with Crippen LogP contribution in [0.4, 0.5) is 0 Å². The van der Waals surface area contributed by atoms with Gasteiger partial charge >= 0.3 is 0 Å². The summed E-state index contributed by atoms with van der Waals surface area (Å²) in [6.45, 7) is 3.18. The first-order valence-electron chi connectivity index (χ1n) is 10.5. The summed E-state index contributed by atoms with van der Waals surface area (Å²) in [6, 6.07) is 17.1. The zero-order valence-corrected chi connectivity index (χ0v) is 16.4. The molecule has 4 heteroatoms. The number of nitrogens with zero attached hydrogens (tertiary/aromatic N) is 1. The summed E-state index contributed by atoms with van der Waals surface area (Å²) >= 11 is 0. The van der Waals surface area contributed by atoms with Crippen molar-refractivity contribution in [3.05, 3.63) is 70.8 Å². The summed E-state index contributed by atoms with van der Waals surface area (Å²) in [7, 11) is 0. The fourth-order valence-electron chi connectivity index (χ4n) is 4.71. The number of benzene rings is 2. The van der Waals surface area contributed by atoms with Crippen molar-refractivity contribution in [2.45, 2.75) is 44.1 Å². The Bertz CT molecular complexity index is 772. The van der Waals surface area contributed by atoms with Crippen LogP contribution in [0.15, 0.2) is 48.5 Å². The van der Waals surface area contributed by atoms with E-state index in [2.05, 4.69) is 58.7 Å². The maximum Gasteiger partial charge on any atom is 0.220 e. The van der Waals surface area contributed by atoms with Crippen molar-refractivity contribution in [3.8, 4) is 0 Å². The van der Waals surface area contributed by atoms with Gasteiger partial charge in [-0.2, -0.15) is 0 Å². The highest BCUT2D eigenvalue weighted by molar-refractivity contribution is 5.78. The number of piperidine rings is 1. The highest BCUT2D eigenvalue weighted by Crippen LogP contribution is 2.36. The van der Waals surface area contributed by atoms with Gasteiger partial charge in [-0.3, -0.25) is 9.69 Å². The Kier molecular flexibility index (Phi) is 6.08. The smallest absolute Gasteiger partial charge is 0.220 e. The number of aliphatic hydroxyl groups excluding tert-OH is 1. The molecule has 2 N–H and O–H groups in total. The minimum Gasteiger partial charge on any atom is -0.392 e. The third-order valence-electron chi connectivity index (χ3n) is 6.15. The van der Waals surface area contributed by atoms with Crippen LogP contribution in [0.2, 0.25) is 0 Å². The lowest BCUT2D eigenvalue weighted by molar-refractivity contribution is -0.121. The maximum atomic E-state index is 12.8. The summed E-state index contributed by atoms with van der Waals surface area (Å²) < 4.78 is 0. The number of aryl methyl sites for hydroxylation is 2. The lowest BCUT2D eigenvalue weighted by atomic mass is 9.85. The van der Waals surface area contributed by atoms with E-state index in [9.17, 15) is 9.90 Å². The van der Waals surface area contributed by atoms with Gasteiger partial charge < -0.3 is 10.4 Å². The van der Waals surface area contributed by atoms with Gasteiger partial charge in [0.25, 0.3) is 0 Å². The molecule has 0 unspecified atom stereocenters. The van der Waals surface area contributed by atoms with E-state index in [1.165, 1.54) is 22.3 Å². The first kappa shape index (κ1) is 19.2. The van der Waals surface area contributed by atoms with Gasteiger partial charge in [-0.15, -0.1) is 0 Å². The first-order chi connectivity index (χ1) is 13.7. The van der Waals surface area contributed by atoms with Gasteiger partial charge in [0, 0.05) is 32.0 Å². The van der Waals surface area contributed by atoms with E-state index < -0.39 is 0 Å². The van der Waals surface area contributed by atoms with E-state index in [0.29, 0.717) is 13.0 Å². The standard InChI is InChI=1S/C24H30N2O2/c27-20-8-5-14-26(17-20)15-13-25-24(28)16-23-21-9-3-1-6-18(21)11-12-19-7-2-4-10-22(19)23/h1-4,6-7,9-10,20,23,27H,5,8,11-17H2,(H,25,28)/t20-/m0/s1. The summed E-state index contributed by atoms with van der Waals surface area (Å²) in [5.74, 6) is 0.223. The molecule has 0 aromatic heterocycles. The van der Waals surface area contributed by atoms with Gasteiger partial charge in [-0.05, 0) is 54.5 Å². The molecule has 1 atom stereocenters. The second-order valence-corrected chi connectivity index (χ2v) is 8.10. The summed E-state index contributed by atoms with van der Waals surface area (Å²) in [4.78, 5) is 15.0. The van der Waals surface area contributed by atoms with Crippen molar-refractivity contribution in [2.24, 2.45) is 0 Å². The number of rotatable bonds is 5. The summed E-state index contributed by atoms with van der Waals surface area (Å²) in [6.07, 6.45) is 4.25. The molecule has 1 aliphatic heterocycles. The Morgan fingerprint density at radius 1 is 1.04 bits per heavy atom. The van der Waals surface area contributed by atoms with Gasteiger partial charge in [0.1, 0.15) is 0 Å². The van der Waals surface area contributed by atoms with E-state index in [0.717, 1.165) is 45.3 Å². The van der Waals surface area contributed by atoms with Crippen molar-refractivity contribution in [3.63, 3.8) is 0 Å². The molecule has 0 radical (unpaired) electrons. The Hall–Kier alpha value is -2.17. The molecule has 4 rings (SSSR count). The minimum atomic E-state index is -0.219. The first-order valence-corrected chi connectivity index (χ1v) is 10.5. The molecule has 2 aliphatic rings. The zero-order chi connectivity index (χ0) is 19.3. The lowest BCUT2D eigenvalue weighted by Gasteiger charge is -2.30. The van der Waals surface area contributed by atoms with Crippen molar-refractivity contribution >= 4 is 5.91 Å². The van der Waals surface area contributed by atoms with Crippen LogP contribution in [0.5, 0.6) is 0 Å². The molecule has 1 saturated heterocycles. The fourth-order valence-corrected chi connectivity index (χ4v) is 4.71. The monoisotopic (exact) mass is 378 g/mol. The number of amides is 1. The van der Waals surface area contributed by atoms with Crippen LogP contribution in [0.25, 0.3) is 0 Å². The second-order valence-electron chi connectivity index (χ2n) is 8.10. The largest absolute Gasteiger partial charge is 0.392 e. The number of aliphatic hydroxyl groups is 1. The highest BCUT2D eigenvalue weighted by Gasteiger charge is 2.25. The third kappa shape index (κ3) is 4.45. The average Bonchev–Trinajstić information content (AvgIpc) is 2.86. The second kappa shape index (κ2) is 8.89. The minimum absolute atomic E-state index is 0.106. The lowest BCUT2D eigenvalue weighted by Crippen LogP contribution is -2.42. The van der Waals surface area contributed by atoms with Crippen LogP contribution in [0.1, 0.15) is 47.4 Å². The van der Waals surface area contributed by atoms with Crippen molar-refractivity contribution < 1.29 is 9.90 Å². The van der Waals surface area contributed by atoms with Crippen LogP contribution in [0, 0.1) is 0 Å². The topological polar surface area (TPSA) is 52.6 Å². The number of likely N-dealkylation sites (tertiary alicyclic amines) is 1.